The zero-order valence-corrected chi connectivity index (χ0v) is 10.3. The number of hydrogen-bond acceptors (Lipinski definition) is 2. The third-order valence-corrected chi connectivity index (χ3v) is 4.11. The molecule has 0 spiro atoms. The lowest BCUT2D eigenvalue weighted by Gasteiger charge is -2.19. The molecule has 0 aromatic heterocycles. The van der Waals surface area contributed by atoms with Gasteiger partial charge in [0, 0.05) is 9.92 Å². The minimum atomic E-state index is -4.52. The second-order valence-electron chi connectivity index (χ2n) is 3.36. The van der Waals surface area contributed by atoms with E-state index in [1.807, 2.05) is 0 Å². The highest BCUT2D eigenvalue weighted by Crippen LogP contribution is 2.30. The maximum Gasteiger partial charge on any atom is 0.403 e. The quantitative estimate of drug-likeness (QED) is 0.924. The molecule has 0 aliphatic heterocycles. The van der Waals surface area contributed by atoms with Crippen molar-refractivity contribution in [2.45, 2.75) is 22.7 Å². The fraction of sp³-hybridized carbons (Fsp3) is 0.400. The zero-order valence-electron chi connectivity index (χ0n) is 8.71. The smallest absolute Gasteiger partial charge is 0.330 e. The van der Waals surface area contributed by atoms with Crippen molar-refractivity contribution in [3.05, 3.63) is 29.3 Å². The largest absolute Gasteiger partial charge is 0.403 e. The van der Waals surface area contributed by atoms with Crippen LogP contribution in [0.4, 0.5) is 13.2 Å². The molecule has 0 saturated heterocycles. The maximum atomic E-state index is 12.6. The molecule has 0 aliphatic carbocycles. The highest BCUT2D eigenvalue weighted by Gasteiger charge is 2.43. The molecular weight excluding hydrogens is 275 g/mol. The Hall–Kier alpha value is -0.590. The van der Waals surface area contributed by atoms with E-state index in [-0.39, 0.29) is 17.9 Å². The van der Waals surface area contributed by atoms with Crippen LogP contribution in [0.1, 0.15) is 6.42 Å². The molecule has 1 rings (SSSR count). The fourth-order valence-electron chi connectivity index (χ4n) is 1.28. The molecule has 2 N–H and O–H groups in total. The summed E-state index contributed by atoms with van der Waals surface area (Å²) in [4.78, 5) is 0.102. The van der Waals surface area contributed by atoms with Crippen molar-refractivity contribution in [1.82, 2.24) is 0 Å². The van der Waals surface area contributed by atoms with Gasteiger partial charge in [-0.15, -0.1) is 0 Å². The molecule has 0 aliphatic rings. The van der Waals surface area contributed by atoms with Crippen molar-refractivity contribution in [3.63, 3.8) is 0 Å². The molecule has 2 atom stereocenters. The molecule has 17 heavy (non-hydrogen) atoms. The summed E-state index contributed by atoms with van der Waals surface area (Å²) < 4.78 is 49.7. The van der Waals surface area contributed by atoms with Crippen LogP contribution in [0.2, 0.25) is 5.02 Å². The van der Waals surface area contributed by atoms with E-state index in [0.717, 1.165) is 0 Å². The van der Waals surface area contributed by atoms with Gasteiger partial charge in [0.1, 0.15) is 5.25 Å². The number of nitrogens with two attached hydrogens (primary N) is 1. The predicted molar refractivity (Wildman–Crippen MR) is 61.4 cm³/mol. The Morgan fingerprint density at radius 1 is 1.29 bits per heavy atom. The van der Waals surface area contributed by atoms with Gasteiger partial charge < -0.3 is 5.73 Å². The number of rotatable bonds is 4. The Labute approximate surface area is 104 Å². The predicted octanol–water partition coefficient (Wildman–Crippen LogP) is 2.73. The van der Waals surface area contributed by atoms with Gasteiger partial charge in [0.2, 0.25) is 0 Å². The number of hydrogen-bond donors (Lipinski definition) is 1. The standard InChI is InChI=1S/C10H11ClF3NOS/c11-7-1-3-8(4-2-7)17(16)9(5-6-15)10(12,13)14/h1-4,9H,5-6,15H2. The van der Waals surface area contributed by atoms with Crippen LogP contribution in [0.15, 0.2) is 29.2 Å². The molecule has 0 saturated carbocycles. The molecule has 2 unspecified atom stereocenters. The van der Waals surface area contributed by atoms with Gasteiger partial charge in [-0.3, -0.25) is 4.21 Å². The summed E-state index contributed by atoms with van der Waals surface area (Å²) in [5.41, 5.74) is 5.11. The molecule has 2 nitrogen and oxygen atoms in total. The lowest BCUT2D eigenvalue weighted by atomic mass is 10.3. The zero-order chi connectivity index (χ0) is 13.1. The highest BCUT2D eigenvalue weighted by atomic mass is 35.5. The van der Waals surface area contributed by atoms with E-state index in [1.54, 1.807) is 0 Å². The summed E-state index contributed by atoms with van der Waals surface area (Å²) in [5, 5.41) is -1.55. The summed E-state index contributed by atoms with van der Waals surface area (Å²) in [7, 11) is -2.16. The van der Waals surface area contributed by atoms with Gasteiger partial charge in [0.05, 0.1) is 10.8 Å². The minimum Gasteiger partial charge on any atom is -0.330 e. The van der Waals surface area contributed by atoms with Crippen molar-refractivity contribution < 1.29 is 17.4 Å². The molecule has 1 aromatic carbocycles. The third-order valence-electron chi connectivity index (χ3n) is 2.10. The van der Waals surface area contributed by atoms with Gasteiger partial charge >= 0.3 is 6.18 Å². The first-order valence-electron chi connectivity index (χ1n) is 4.79. The summed E-state index contributed by atoms with van der Waals surface area (Å²) >= 11 is 5.61. The molecule has 7 heteroatoms. The fourth-order valence-corrected chi connectivity index (χ4v) is 2.73. The normalized spacial score (nSPS) is 15.6. The summed E-state index contributed by atoms with van der Waals surface area (Å²) in [5.74, 6) is 0. The van der Waals surface area contributed by atoms with Crippen molar-refractivity contribution in [2.24, 2.45) is 5.73 Å². The van der Waals surface area contributed by atoms with Crippen molar-refractivity contribution in [1.29, 1.82) is 0 Å². The van der Waals surface area contributed by atoms with Crippen LogP contribution >= 0.6 is 11.6 Å². The van der Waals surface area contributed by atoms with Crippen LogP contribution in [0, 0.1) is 0 Å². The van der Waals surface area contributed by atoms with Crippen molar-refractivity contribution in [3.8, 4) is 0 Å². The molecular formula is C10H11ClF3NOS. The van der Waals surface area contributed by atoms with Crippen molar-refractivity contribution >= 4 is 22.4 Å². The Balaban J connectivity index is 2.96. The Kier molecular flexibility index (Phi) is 4.97. The van der Waals surface area contributed by atoms with E-state index in [0.29, 0.717) is 5.02 Å². The highest BCUT2D eigenvalue weighted by molar-refractivity contribution is 7.85. The van der Waals surface area contributed by atoms with E-state index >= 15 is 0 Å². The van der Waals surface area contributed by atoms with Gasteiger partial charge in [-0.1, -0.05) is 11.6 Å². The molecule has 0 fully saturated rings. The minimum absolute atomic E-state index is 0.102. The van der Waals surface area contributed by atoms with E-state index in [4.69, 9.17) is 17.3 Å². The molecule has 0 radical (unpaired) electrons. The van der Waals surface area contributed by atoms with E-state index in [1.165, 1.54) is 24.3 Å². The van der Waals surface area contributed by atoms with E-state index in [9.17, 15) is 17.4 Å². The number of halogens is 4. The van der Waals surface area contributed by atoms with Crippen LogP contribution in [0.5, 0.6) is 0 Å². The summed E-state index contributed by atoms with van der Waals surface area (Å²) in [6.07, 6.45) is -4.89. The van der Waals surface area contributed by atoms with Crippen LogP contribution in [-0.2, 0) is 10.8 Å². The van der Waals surface area contributed by atoms with Gasteiger partial charge in [0.15, 0.2) is 0 Å². The Bertz CT molecular complexity index is 394. The lowest BCUT2D eigenvalue weighted by Crippen LogP contribution is -2.35. The van der Waals surface area contributed by atoms with Gasteiger partial charge in [-0.2, -0.15) is 13.2 Å². The van der Waals surface area contributed by atoms with Gasteiger partial charge in [-0.05, 0) is 37.2 Å². The molecule has 0 heterocycles. The first kappa shape index (κ1) is 14.5. The molecule has 0 amide bonds. The third kappa shape index (κ3) is 3.97. The average molecular weight is 286 g/mol. The SMILES string of the molecule is NCCC(S(=O)c1ccc(Cl)cc1)C(F)(F)F. The van der Waals surface area contributed by atoms with E-state index in [2.05, 4.69) is 0 Å². The maximum absolute atomic E-state index is 12.6. The Morgan fingerprint density at radius 2 is 1.82 bits per heavy atom. The van der Waals surface area contributed by atoms with Crippen LogP contribution in [0.25, 0.3) is 0 Å². The molecule has 1 aromatic rings. The van der Waals surface area contributed by atoms with Crippen LogP contribution < -0.4 is 5.73 Å². The molecule has 0 bridgehead atoms. The number of benzene rings is 1. The topological polar surface area (TPSA) is 43.1 Å². The first-order chi connectivity index (χ1) is 7.86. The van der Waals surface area contributed by atoms with Gasteiger partial charge in [0.25, 0.3) is 0 Å². The van der Waals surface area contributed by atoms with Crippen LogP contribution in [-0.4, -0.2) is 22.2 Å². The average Bonchev–Trinajstić information content (AvgIpc) is 2.24. The number of alkyl halides is 3. The second-order valence-corrected chi connectivity index (χ2v) is 5.43. The van der Waals surface area contributed by atoms with E-state index < -0.39 is 22.2 Å². The van der Waals surface area contributed by atoms with Crippen LogP contribution in [0.3, 0.4) is 0 Å². The van der Waals surface area contributed by atoms with Crippen molar-refractivity contribution in [2.75, 3.05) is 6.54 Å². The first-order valence-corrected chi connectivity index (χ1v) is 6.38. The summed E-state index contributed by atoms with van der Waals surface area (Å²) in [6.45, 7) is -0.163. The Morgan fingerprint density at radius 3 is 2.24 bits per heavy atom. The monoisotopic (exact) mass is 285 g/mol. The second kappa shape index (κ2) is 5.84. The van der Waals surface area contributed by atoms with Gasteiger partial charge in [-0.25, -0.2) is 0 Å². The molecule has 96 valence electrons. The lowest BCUT2D eigenvalue weighted by molar-refractivity contribution is -0.130. The summed E-state index contributed by atoms with van der Waals surface area (Å²) in [6, 6.07) is 5.47.